The highest BCUT2D eigenvalue weighted by Gasteiger charge is 2.14. The first-order valence-corrected chi connectivity index (χ1v) is 10.1. The van der Waals surface area contributed by atoms with Crippen LogP contribution in [0.3, 0.4) is 0 Å². The average molecular weight is 422 g/mol. The van der Waals surface area contributed by atoms with Gasteiger partial charge >= 0.3 is 11.3 Å². The van der Waals surface area contributed by atoms with Crippen molar-refractivity contribution in [2.45, 2.75) is 0 Å². The molecule has 0 aliphatic rings. The molecule has 0 aliphatic carbocycles. The monoisotopic (exact) mass is 422 g/mol. The molecule has 0 bridgehead atoms. The Hall–Kier alpha value is -4.38. The maximum atomic E-state index is 12.6. The minimum atomic E-state index is -0.554. The van der Waals surface area contributed by atoms with E-state index < -0.39 is 11.3 Å². The number of para-hydroxylation sites is 1. The largest absolute Gasteiger partial charge is 0.489 e. The van der Waals surface area contributed by atoms with Crippen molar-refractivity contribution in [3.05, 3.63) is 117 Å². The molecular weight excluding hydrogens is 404 g/mol. The summed E-state index contributed by atoms with van der Waals surface area (Å²) in [4.78, 5) is 24.8. The number of hydrogen-bond donors (Lipinski definition) is 0. The fourth-order valence-electron chi connectivity index (χ4n) is 3.60. The molecule has 2 heterocycles. The molecule has 3 aromatic carbocycles. The third-order valence-electron chi connectivity index (χ3n) is 5.10. The van der Waals surface area contributed by atoms with Crippen LogP contribution in [0.5, 0.6) is 5.75 Å². The van der Waals surface area contributed by atoms with E-state index in [2.05, 4.69) is 0 Å². The standard InChI is InChI=1S/C27H18O5/c28-26-17-22(23-15-19-10-4-5-11-24(19)32-27(23)29)21-13-12-20(16-25(21)31-26)30-14-6-9-18-7-2-1-3-8-18/h1-13,15-17H,14H2/b9-6+. The second-order valence-corrected chi connectivity index (χ2v) is 7.25. The minimum Gasteiger partial charge on any atom is -0.489 e. The molecule has 0 atom stereocenters. The molecule has 0 radical (unpaired) electrons. The summed E-state index contributed by atoms with van der Waals surface area (Å²) in [5.74, 6) is 0.557. The molecule has 156 valence electrons. The van der Waals surface area contributed by atoms with Crippen molar-refractivity contribution in [2.75, 3.05) is 6.61 Å². The Morgan fingerprint density at radius 1 is 0.750 bits per heavy atom. The van der Waals surface area contributed by atoms with E-state index in [1.807, 2.05) is 54.6 Å². The highest BCUT2D eigenvalue weighted by Crippen LogP contribution is 2.29. The summed E-state index contributed by atoms with van der Waals surface area (Å²) >= 11 is 0. The van der Waals surface area contributed by atoms with E-state index in [-0.39, 0.29) is 0 Å². The molecular formula is C27H18O5. The van der Waals surface area contributed by atoms with Crippen LogP contribution in [0.25, 0.3) is 39.1 Å². The molecule has 5 aromatic rings. The number of hydrogen-bond acceptors (Lipinski definition) is 5. The molecule has 0 spiro atoms. The lowest BCUT2D eigenvalue weighted by Gasteiger charge is -2.08. The second-order valence-electron chi connectivity index (χ2n) is 7.25. The molecule has 0 unspecified atom stereocenters. The lowest BCUT2D eigenvalue weighted by molar-refractivity contribution is 0.363. The van der Waals surface area contributed by atoms with Crippen LogP contribution < -0.4 is 16.0 Å². The molecule has 5 rings (SSSR count). The second kappa shape index (κ2) is 8.40. The molecule has 32 heavy (non-hydrogen) atoms. The first kappa shape index (κ1) is 19.6. The van der Waals surface area contributed by atoms with Gasteiger partial charge in [0, 0.05) is 28.5 Å². The molecule has 0 N–H and O–H groups in total. The van der Waals surface area contributed by atoms with Gasteiger partial charge in [-0.1, -0.05) is 54.6 Å². The Balaban J connectivity index is 1.48. The Kier molecular flexibility index (Phi) is 5.14. The van der Waals surface area contributed by atoms with Gasteiger partial charge in [0.1, 0.15) is 23.5 Å². The van der Waals surface area contributed by atoms with Crippen molar-refractivity contribution in [1.29, 1.82) is 0 Å². The SMILES string of the molecule is O=c1cc(-c2cc3ccccc3oc2=O)c2ccc(OC/C=C/c3ccccc3)cc2o1. The van der Waals surface area contributed by atoms with Gasteiger partial charge in [0.15, 0.2) is 0 Å². The molecule has 5 nitrogen and oxygen atoms in total. The molecule has 0 aliphatic heterocycles. The Bertz CT molecular complexity index is 1560. The first-order chi connectivity index (χ1) is 15.7. The number of benzene rings is 3. The van der Waals surface area contributed by atoms with Gasteiger partial charge in [-0.2, -0.15) is 0 Å². The Morgan fingerprint density at radius 2 is 1.56 bits per heavy atom. The highest BCUT2D eigenvalue weighted by atomic mass is 16.5. The first-order valence-electron chi connectivity index (χ1n) is 10.1. The third-order valence-corrected chi connectivity index (χ3v) is 5.10. The molecule has 0 saturated carbocycles. The van der Waals surface area contributed by atoms with Crippen molar-refractivity contribution >= 4 is 28.0 Å². The quantitative estimate of drug-likeness (QED) is 0.342. The van der Waals surface area contributed by atoms with Crippen molar-refractivity contribution in [1.82, 2.24) is 0 Å². The summed E-state index contributed by atoms with van der Waals surface area (Å²) in [5.41, 5.74) is 1.62. The van der Waals surface area contributed by atoms with Gasteiger partial charge in [-0.3, -0.25) is 0 Å². The van der Waals surface area contributed by atoms with Crippen LogP contribution in [-0.2, 0) is 0 Å². The van der Waals surface area contributed by atoms with Gasteiger partial charge < -0.3 is 13.6 Å². The Labute approximate surface area is 182 Å². The van der Waals surface area contributed by atoms with Crippen LogP contribution in [0.15, 0.2) is 109 Å². The molecule has 0 amide bonds. The van der Waals surface area contributed by atoms with Gasteiger partial charge in [-0.15, -0.1) is 0 Å². The van der Waals surface area contributed by atoms with Gasteiger partial charge in [0.2, 0.25) is 0 Å². The van der Waals surface area contributed by atoms with Gasteiger partial charge in [0.25, 0.3) is 0 Å². The zero-order chi connectivity index (χ0) is 21.9. The van der Waals surface area contributed by atoms with Gasteiger partial charge in [-0.25, -0.2) is 9.59 Å². The number of rotatable bonds is 5. The van der Waals surface area contributed by atoms with Crippen molar-refractivity contribution < 1.29 is 13.6 Å². The van der Waals surface area contributed by atoms with E-state index in [0.717, 1.165) is 10.9 Å². The fourth-order valence-corrected chi connectivity index (χ4v) is 3.60. The highest BCUT2D eigenvalue weighted by molar-refractivity contribution is 5.95. The lowest BCUT2D eigenvalue weighted by atomic mass is 10.0. The van der Waals surface area contributed by atoms with Crippen molar-refractivity contribution in [3.8, 4) is 16.9 Å². The summed E-state index contributed by atoms with van der Waals surface area (Å²) in [6.45, 7) is 0.360. The predicted octanol–water partition coefficient (Wildman–Crippen LogP) is 5.66. The van der Waals surface area contributed by atoms with Gasteiger partial charge in [0.05, 0.1) is 5.56 Å². The van der Waals surface area contributed by atoms with Crippen LogP contribution in [0, 0.1) is 0 Å². The number of fused-ring (bicyclic) bond motifs is 2. The van der Waals surface area contributed by atoms with Crippen LogP contribution in [-0.4, -0.2) is 6.61 Å². The zero-order valence-electron chi connectivity index (χ0n) is 17.0. The topological polar surface area (TPSA) is 69.7 Å². The van der Waals surface area contributed by atoms with Crippen LogP contribution >= 0.6 is 0 Å². The maximum absolute atomic E-state index is 12.6. The fraction of sp³-hybridized carbons (Fsp3) is 0.0370. The van der Waals surface area contributed by atoms with Crippen LogP contribution in [0.4, 0.5) is 0 Å². The van der Waals surface area contributed by atoms with E-state index in [9.17, 15) is 9.59 Å². The average Bonchev–Trinajstić information content (AvgIpc) is 2.81. The Morgan fingerprint density at radius 3 is 2.44 bits per heavy atom. The zero-order valence-corrected chi connectivity index (χ0v) is 17.0. The molecule has 0 saturated heterocycles. The van der Waals surface area contributed by atoms with Crippen molar-refractivity contribution in [2.24, 2.45) is 0 Å². The molecule has 2 aromatic heterocycles. The minimum absolute atomic E-state index is 0.307. The summed E-state index contributed by atoms with van der Waals surface area (Å²) < 4.78 is 16.6. The van der Waals surface area contributed by atoms with Crippen LogP contribution in [0.1, 0.15) is 5.56 Å². The smallest absolute Gasteiger partial charge is 0.344 e. The van der Waals surface area contributed by atoms with E-state index >= 15 is 0 Å². The predicted molar refractivity (Wildman–Crippen MR) is 125 cm³/mol. The molecule has 5 heteroatoms. The number of ether oxygens (including phenoxy) is 1. The lowest BCUT2D eigenvalue weighted by Crippen LogP contribution is -2.06. The third kappa shape index (κ3) is 3.96. The van der Waals surface area contributed by atoms with E-state index in [1.165, 1.54) is 6.07 Å². The maximum Gasteiger partial charge on any atom is 0.344 e. The summed E-state index contributed by atoms with van der Waals surface area (Å²) in [6, 6.07) is 25.4. The van der Waals surface area contributed by atoms with E-state index in [1.54, 1.807) is 36.4 Å². The van der Waals surface area contributed by atoms with Crippen molar-refractivity contribution in [3.63, 3.8) is 0 Å². The van der Waals surface area contributed by atoms with Gasteiger partial charge in [-0.05, 0) is 35.9 Å². The van der Waals surface area contributed by atoms with E-state index in [4.69, 9.17) is 13.6 Å². The summed E-state index contributed by atoms with van der Waals surface area (Å²) in [7, 11) is 0. The summed E-state index contributed by atoms with van der Waals surface area (Å²) in [5, 5.41) is 1.40. The normalized spacial score (nSPS) is 11.4. The summed E-state index contributed by atoms with van der Waals surface area (Å²) in [6.07, 6.45) is 3.88. The van der Waals surface area contributed by atoms with Crippen LogP contribution in [0.2, 0.25) is 0 Å². The molecule has 0 fully saturated rings. The van der Waals surface area contributed by atoms with E-state index in [0.29, 0.717) is 40.0 Å².